The molecule has 0 saturated carbocycles. The molecule has 1 atom stereocenters. The molecule has 0 aliphatic carbocycles. The lowest BCUT2D eigenvalue weighted by molar-refractivity contribution is -0.128. The summed E-state index contributed by atoms with van der Waals surface area (Å²) in [6, 6.07) is 9.92. The minimum absolute atomic E-state index is 0.0822. The highest BCUT2D eigenvalue weighted by Crippen LogP contribution is 2.36. The van der Waals surface area contributed by atoms with Crippen LogP contribution in [0.25, 0.3) is 0 Å². The van der Waals surface area contributed by atoms with Gasteiger partial charge in [0.15, 0.2) is 0 Å². The lowest BCUT2D eigenvalue weighted by atomic mass is 9.70. The lowest BCUT2D eigenvalue weighted by Crippen LogP contribution is -2.53. The zero-order valence-electron chi connectivity index (χ0n) is 15.3. The number of nitrogens with zero attached hydrogens (tertiary/aromatic N) is 1. The second-order valence-electron chi connectivity index (χ2n) is 7.36. The minimum Gasteiger partial charge on any atom is -0.354 e. The highest BCUT2D eigenvalue weighted by Gasteiger charge is 2.41. The van der Waals surface area contributed by atoms with E-state index in [9.17, 15) is 9.59 Å². The van der Waals surface area contributed by atoms with E-state index >= 15 is 0 Å². The molecule has 0 radical (unpaired) electrons. The van der Waals surface area contributed by atoms with Crippen LogP contribution in [-0.4, -0.2) is 42.3 Å². The number of piperidine rings is 1. The molecule has 4 heteroatoms. The maximum atomic E-state index is 12.4. The number of carbonyl (C=O) groups is 2. The highest BCUT2D eigenvalue weighted by atomic mass is 16.2. The van der Waals surface area contributed by atoms with E-state index in [0.29, 0.717) is 12.5 Å². The Morgan fingerprint density at radius 1 is 1.12 bits per heavy atom. The topological polar surface area (TPSA) is 49.4 Å². The van der Waals surface area contributed by atoms with Gasteiger partial charge in [0.05, 0.1) is 11.5 Å². The Balaban J connectivity index is 2.03. The van der Waals surface area contributed by atoms with Crippen LogP contribution >= 0.6 is 0 Å². The molecule has 2 rings (SSSR count). The summed E-state index contributed by atoms with van der Waals surface area (Å²) >= 11 is 0. The fourth-order valence-electron chi connectivity index (χ4n) is 3.51. The highest BCUT2D eigenvalue weighted by molar-refractivity contribution is 5.88. The van der Waals surface area contributed by atoms with Crippen LogP contribution in [0.3, 0.4) is 0 Å². The SMILES string of the molecule is CC(=O)C1(c2ccccc2)CCN([C@@H](C)C(=O)NCC(C)C)CC1. The van der Waals surface area contributed by atoms with Crippen molar-refractivity contribution in [1.82, 2.24) is 10.2 Å². The monoisotopic (exact) mass is 330 g/mol. The fourth-order valence-corrected chi connectivity index (χ4v) is 3.51. The van der Waals surface area contributed by atoms with E-state index in [4.69, 9.17) is 0 Å². The zero-order chi connectivity index (χ0) is 17.7. The van der Waals surface area contributed by atoms with Crippen LogP contribution in [0.15, 0.2) is 30.3 Å². The molecule has 0 aromatic heterocycles. The van der Waals surface area contributed by atoms with Crippen molar-refractivity contribution in [2.75, 3.05) is 19.6 Å². The quantitative estimate of drug-likeness (QED) is 0.872. The van der Waals surface area contributed by atoms with Gasteiger partial charge in [-0.05, 0) is 38.2 Å². The van der Waals surface area contributed by atoms with Gasteiger partial charge in [0.25, 0.3) is 0 Å². The minimum atomic E-state index is -0.397. The lowest BCUT2D eigenvalue weighted by Gasteiger charge is -2.42. The van der Waals surface area contributed by atoms with Crippen molar-refractivity contribution in [3.8, 4) is 0 Å². The number of hydrogen-bond acceptors (Lipinski definition) is 3. The molecule has 1 saturated heterocycles. The maximum Gasteiger partial charge on any atom is 0.237 e. The van der Waals surface area contributed by atoms with Crippen molar-refractivity contribution in [2.24, 2.45) is 5.92 Å². The normalized spacial score (nSPS) is 19.0. The number of hydrogen-bond donors (Lipinski definition) is 1. The molecule has 1 aliphatic heterocycles. The molecule has 1 heterocycles. The molecule has 0 unspecified atom stereocenters. The zero-order valence-corrected chi connectivity index (χ0v) is 15.3. The Kier molecular flexibility index (Phi) is 6.16. The molecule has 1 fully saturated rings. The van der Waals surface area contributed by atoms with Gasteiger partial charge in [-0.2, -0.15) is 0 Å². The van der Waals surface area contributed by atoms with Crippen molar-refractivity contribution < 1.29 is 9.59 Å². The molecule has 132 valence electrons. The van der Waals surface area contributed by atoms with Crippen molar-refractivity contribution >= 4 is 11.7 Å². The van der Waals surface area contributed by atoms with Gasteiger partial charge in [-0.25, -0.2) is 0 Å². The summed E-state index contributed by atoms with van der Waals surface area (Å²) in [4.78, 5) is 26.9. The molecule has 0 bridgehead atoms. The largest absolute Gasteiger partial charge is 0.354 e. The summed E-state index contributed by atoms with van der Waals surface area (Å²) in [7, 11) is 0. The van der Waals surface area contributed by atoms with Gasteiger partial charge in [-0.1, -0.05) is 44.2 Å². The third-order valence-corrected chi connectivity index (χ3v) is 5.26. The van der Waals surface area contributed by atoms with Crippen LogP contribution < -0.4 is 5.32 Å². The van der Waals surface area contributed by atoms with E-state index in [1.54, 1.807) is 6.92 Å². The number of amides is 1. The average molecular weight is 330 g/mol. The number of Topliss-reactive ketones (excluding diaryl/α,β-unsaturated/α-hetero) is 1. The Hall–Kier alpha value is -1.68. The number of benzene rings is 1. The van der Waals surface area contributed by atoms with Crippen molar-refractivity contribution in [3.05, 3.63) is 35.9 Å². The van der Waals surface area contributed by atoms with Crippen LogP contribution in [0.5, 0.6) is 0 Å². The van der Waals surface area contributed by atoms with Gasteiger partial charge in [-0.15, -0.1) is 0 Å². The Bertz CT molecular complexity index is 560. The molecule has 1 aliphatic rings. The first kappa shape index (κ1) is 18.7. The predicted molar refractivity (Wildman–Crippen MR) is 96.9 cm³/mol. The molecule has 1 N–H and O–H groups in total. The molecule has 0 spiro atoms. The first-order valence-electron chi connectivity index (χ1n) is 8.95. The summed E-state index contributed by atoms with van der Waals surface area (Å²) < 4.78 is 0. The predicted octanol–water partition coefficient (Wildman–Crippen LogP) is 2.77. The van der Waals surface area contributed by atoms with Gasteiger partial charge in [0.1, 0.15) is 5.78 Å². The molecule has 4 nitrogen and oxygen atoms in total. The molecule has 1 aromatic carbocycles. The fraction of sp³-hybridized carbons (Fsp3) is 0.600. The van der Waals surface area contributed by atoms with Crippen molar-refractivity contribution in [2.45, 2.75) is 52.0 Å². The second kappa shape index (κ2) is 7.93. The number of rotatable bonds is 6. The third-order valence-electron chi connectivity index (χ3n) is 5.26. The van der Waals surface area contributed by atoms with Crippen LogP contribution in [0, 0.1) is 5.92 Å². The van der Waals surface area contributed by atoms with E-state index in [2.05, 4.69) is 36.2 Å². The van der Waals surface area contributed by atoms with Gasteiger partial charge < -0.3 is 5.32 Å². The van der Waals surface area contributed by atoms with Crippen LogP contribution in [0.1, 0.15) is 46.1 Å². The Labute approximate surface area is 145 Å². The first-order chi connectivity index (χ1) is 11.4. The van der Waals surface area contributed by atoms with E-state index in [-0.39, 0.29) is 17.7 Å². The average Bonchev–Trinajstić information content (AvgIpc) is 2.59. The van der Waals surface area contributed by atoms with E-state index in [1.807, 2.05) is 25.1 Å². The van der Waals surface area contributed by atoms with Crippen LogP contribution in [0.2, 0.25) is 0 Å². The van der Waals surface area contributed by atoms with Crippen LogP contribution in [-0.2, 0) is 15.0 Å². The van der Waals surface area contributed by atoms with Gasteiger partial charge >= 0.3 is 0 Å². The van der Waals surface area contributed by atoms with Gasteiger partial charge in [0.2, 0.25) is 5.91 Å². The van der Waals surface area contributed by atoms with Crippen molar-refractivity contribution in [1.29, 1.82) is 0 Å². The van der Waals surface area contributed by atoms with Gasteiger partial charge in [-0.3, -0.25) is 14.5 Å². The number of ketones is 1. The Morgan fingerprint density at radius 2 is 1.71 bits per heavy atom. The maximum absolute atomic E-state index is 12.4. The number of carbonyl (C=O) groups excluding carboxylic acids is 2. The first-order valence-corrected chi connectivity index (χ1v) is 8.95. The summed E-state index contributed by atoms with van der Waals surface area (Å²) in [5, 5.41) is 3.01. The molecular formula is C20H30N2O2. The number of likely N-dealkylation sites (tertiary alicyclic amines) is 1. The van der Waals surface area contributed by atoms with E-state index < -0.39 is 5.41 Å². The third kappa shape index (κ3) is 4.04. The van der Waals surface area contributed by atoms with Crippen LogP contribution in [0.4, 0.5) is 0 Å². The summed E-state index contributed by atoms with van der Waals surface area (Å²) in [5.41, 5.74) is 0.709. The smallest absolute Gasteiger partial charge is 0.237 e. The van der Waals surface area contributed by atoms with E-state index in [1.165, 1.54) is 0 Å². The molecule has 1 amide bonds. The second-order valence-corrected chi connectivity index (χ2v) is 7.36. The van der Waals surface area contributed by atoms with Gasteiger partial charge in [0, 0.05) is 19.6 Å². The van der Waals surface area contributed by atoms with E-state index in [0.717, 1.165) is 31.5 Å². The standard InChI is InChI=1S/C20H30N2O2/c1-15(2)14-21-19(24)16(3)22-12-10-20(11-13-22,17(4)23)18-8-6-5-7-9-18/h5-9,15-16H,10-14H2,1-4H3,(H,21,24)/t16-/m0/s1. The van der Waals surface area contributed by atoms with Crippen molar-refractivity contribution in [3.63, 3.8) is 0 Å². The Morgan fingerprint density at radius 3 is 2.21 bits per heavy atom. The summed E-state index contributed by atoms with van der Waals surface area (Å²) in [6.45, 7) is 10.1. The molecular weight excluding hydrogens is 300 g/mol. The summed E-state index contributed by atoms with van der Waals surface area (Å²) in [5.74, 6) is 0.759. The molecule has 24 heavy (non-hydrogen) atoms. The summed E-state index contributed by atoms with van der Waals surface area (Å²) in [6.07, 6.45) is 1.54. The number of nitrogens with one attached hydrogen (secondary N) is 1. The molecule has 1 aromatic rings.